The molecular formula is C17H24N2O2. The minimum absolute atomic E-state index is 0.0120. The molecule has 2 aliphatic rings. The molecule has 0 aromatic heterocycles. The zero-order valence-electron chi connectivity index (χ0n) is 12.7. The van der Waals surface area contributed by atoms with Crippen LogP contribution in [0.5, 0.6) is 0 Å². The van der Waals surface area contributed by atoms with E-state index in [0.29, 0.717) is 13.2 Å². The minimum atomic E-state index is -0.323. The van der Waals surface area contributed by atoms with Gasteiger partial charge in [-0.2, -0.15) is 0 Å². The van der Waals surface area contributed by atoms with Crippen LogP contribution in [0.1, 0.15) is 24.8 Å². The van der Waals surface area contributed by atoms with Crippen LogP contribution in [0.2, 0.25) is 0 Å². The van der Waals surface area contributed by atoms with E-state index in [-0.39, 0.29) is 17.4 Å². The van der Waals surface area contributed by atoms with Crippen LogP contribution in [0.15, 0.2) is 30.3 Å². The number of carbonyl (C=O) groups excluding carboxylic acids is 1. The van der Waals surface area contributed by atoms with Crippen LogP contribution >= 0.6 is 0 Å². The van der Waals surface area contributed by atoms with Gasteiger partial charge in [0.25, 0.3) is 0 Å². The van der Waals surface area contributed by atoms with Gasteiger partial charge in [-0.05, 0) is 18.4 Å². The number of morpholine rings is 1. The van der Waals surface area contributed by atoms with Crippen molar-refractivity contribution in [3.8, 4) is 0 Å². The summed E-state index contributed by atoms with van der Waals surface area (Å²) in [6.07, 6.45) is 3.48. The molecule has 0 radical (unpaired) electrons. The Bertz CT molecular complexity index is 485. The summed E-state index contributed by atoms with van der Waals surface area (Å²) >= 11 is 0. The van der Waals surface area contributed by atoms with Crippen molar-refractivity contribution in [2.24, 2.45) is 0 Å². The average Bonchev–Trinajstić information content (AvgIpc) is 2.51. The number of carbonyl (C=O) groups is 1. The molecule has 1 aromatic rings. The summed E-state index contributed by atoms with van der Waals surface area (Å²) in [5.41, 5.74) is 1.73. The lowest BCUT2D eigenvalue weighted by atomic mass is 9.64. The molecule has 1 aromatic carbocycles. The molecule has 1 unspecified atom stereocenters. The van der Waals surface area contributed by atoms with Gasteiger partial charge in [0, 0.05) is 32.1 Å². The quantitative estimate of drug-likeness (QED) is 0.914. The lowest BCUT2D eigenvalue weighted by molar-refractivity contribution is -0.138. The third-order valence-electron chi connectivity index (χ3n) is 4.91. The normalized spacial score (nSPS) is 25.1. The number of rotatable bonds is 4. The molecule has 1 saturated heterocycles. The molecule has 3 rings (SSSR count). The Hall–Kier alpha value is -1.39. The number of benzene rings is 1. The van der Waals surface area contributed by atoms with Crippen LogP contribution in [0, 0.1) is 0 Å². The SMILES string of the molecule is CNC(=O)C1CN(CC2(c3ccccc3)CCC2)CCO1. The standard InChI is InChI=1S/C17H24N2O2/c1-18-16(20)15-12-19(10-11-21-15)13-17(8-5-9-17)14-6-3-2-4-7-14/h2-4,6-7,15H,5,8-13H2,1H3,(H,18,20). The van der Waals surface area contributed by atoms with Gasteiger partial charge in [0.2, 0.25) is 5.91 Å². The van der Waals surface area contributed by atoms with Crippen molar-refractivity contribution in [3.05, 3.63) is 35.9 Å². The predicted octanol–water partition coefficient (Wildman–Crippen LogP) is 1.56. The zero-order valence-corrected chi connectivity index (χ0v) is 12.7. The van der Waals surface area contributed by atoms with Gasteiger partial charge in [-0.15, -0.1) is 0 Å². The van der Waals surface area contributed by atoms with E-state index in [1.807, 2.05) is 0 Å². The predicted molar refractivity (Wildman–Crippen MR) is 82.2 cm³/mol. The molecule has 0 spiro atoms. The highest BCUT2D eigenvalue weighted by molar-refractivity contribution is 5.80. The van der Waals surface area contributed by atoms with Crippen LogP contribution in [0.25, 0.3) is 0 Å². The smallest absolute Gasteiger partial charge is 0.250 e. The summed E-state index contributed by atoms with van der Waals surface area (Å²) in [7, 11) is 1.67. The monoisotopic (exact) mass is 288 g/mol. The molecule has 1 heterocycles. The highest BCUT2D eigenvalue weighted by Crippen LogP contribution is 2.44. The summed E-state index contributed by atoms with van der Waals surface area (Å²) in [5, 5.41) is 2.69. The van der Waals surface area contributed by atoms with Gasteiger partial charge in [0.1, 0.15) is 6.10 Å². The number of hydrogen-bond acceptors (Lipinski definition) is 3. The first-order chi connectivity index (χ1) is 10.2. The van der Waals surface area contributed by atoms with Gasteiger partial charge in [-0.1, -0.05) is 36.8 Å². The van der Waals surface area contributed by atoms with Crippen molar-refractivity contribution in [3.63, 3.8) is 0 Å². The van der Waals surface area contributed by atoms with Gasteiger partial charge in [-0.25, -0.2) is 0 Å². The molecule has 1 aliphatic heterocycles. The Labute approximate surface area is 126 Å². The first kappa shape index (κ1) is 14.5. The molecule has 1 atom stereocenters. The Balaban J connectivity index is 1.68. The topological polar surface area (TPSA) is 41.6 Å². The van der Waals surface area contributed by atoms with Crippen LogP contribution in [-0.2, 0) is 14.9 Å². The second-order valence-electron chi connectivity index (χ2n) is 6.21. The molecule has 21 heavy (non-hydrogen) atoms. The maximum atomic E-state index is 11.8. The molecule has 4 nitrogen and oxygen atoms in total. The fourth-order valence-corrected chi connectivity index (χ4v) is 3.53. The van der Waals surface area contributed by atoms with Gasteiger partial charge in [0.05, 0.1) is 6.61 Å². The molecule has 1 aliphatic carbocycles. The van der Waals surface area contributed by atoms with E-state index in [4.69, 9.17) is 4.74 Å². The van der Waals surface area contributed by atoms with Crippen molar-refractivity contribution in [1.29, 1.82) is 0 Å². The molecule has 1 saturated carbocycles. The second kappa shape index (κ2) is 6.16. The Morgan fingerprint density at radius 3 is 2.76 bits per heavy atom. The third kappa shape index (κ3) is 2.97. The van der Waals surface area contributed by atoms with E-state index >= 15 is 0 Å². The van der Waals surface area contributed by atoms with Gasteiger partial charge >= 0.3 is 0 Å². The molecular weight excluding hydrogens is 264 g/mol. The van der Waals surface area contributed by atoms with Gasteiger partial charge in [-0.3, -0.25) is 9.69 Å². The lowest BCUT2D eigenvalue weighted by Crippen LogP contribution is -2.54. The first-order valence-corrected chi connectivity index (χ1v) is 7.85. The molecule has 1 amide bonds. The number of ether oxygens (including phenoxy) is 1. The van der Waals surface area contributed by atoms with Crippen LogP contribution in [-0.4, -0.2) is 50.2 Å². The fourth-order valence-electron chi connectivity index (χ4n) is 3.53. The van der Waals surface area contributed by atoms with E-state index in [0.717, 1.165) is 13.1 Å². The van der Waals surface area contributed by atoms with E-state index in [1.54, 1.807) is 7.05 Å². The molecule has 0 bridgehead atoms. The van der Waals surface area contributed by atoms with Crippen LogP contribution < -0.4 is 5.32 Å². The Kier molecular flexibility index (Phi) is 4.27. The third-order valence-corrected chi connectivity index (χ3v) is 4.91. The second-order valence-corrected chi connectivity index (χ2v) is 6.21. The van der Waals surface area contributed by atoms with E-state index in [2.05, 4.69) is 40.5 Å². The van der Waals surface area contributed by atoms with E-state index in [9.17, 15) is 4.79 Å². The maximum Gasteiger partial charge on any atom is 0.250 e. The minimum Gasteiger partial charge on any atom is -0.366 e. The van der Waals surface area contributed by atoms with Crippen LogP contribution in [0.3, 0.4) is 0 Å². The lowest BCUT2D eigenvalue weighted by Gasteiger charge is -2.47. The van der Waals surface area contributed by atoms with Crippen molar-refractivity contribution >= 4 is 5.91 Å². The fraction of sp³-hybridized carbons (Fsp3) is 0.588. The summed E-state index contributed by atoms with van der Waals surface area (Å²) in [4.78, 5) is 14.2. The van der Waals surface area contributed by atoms with Gasteiger partial charge < -0.3 is 10.1 Å². The highest BCUT2D eigenvalue weighted by Gasteiger charge is 2.41. The number of nitrogens with one attached hydrogen (secondary N) is 1. The van der Waals surface area contributed by atoms with Crippen molar-refractivity contribution in [1.82, 2.24) is 10.2 Å². The summed E-state index contributed by atoms with van der Waals surface area (Å²) in [5.74, 6) is -0.0120. The Morgan fingerprint density at radius 2 is 2.14 bits per heavy atom. The van der Waals surface area contributed by atoms with Crippen molar-refractivity contribution in [2.45, 2.75) is 30.8 Å². The van der Waals surface area contributed by atoms with E-state index < -0.39 is 0 Å². The molecule has 1 N–H and O–H groups in total. The van der Waals surface area contributed by atoms with Crippen LogP contribution in [0.4, 0.5) is 0 Å². The Morgan fingerprint density at radius 1 is 1.38 bits per heavy atom. The average molecular weight is 288 g/mol. The number of likely N-dealkylation sites (N-methyl/N-ethyl adjacent to an activating group) is 1. The summed E-state index contributed by atoms with van der Waals surface area (Å²) in [6, 6.07) is 10.8. The first-order valence-electron chi connectivity index (χ1n) is 7.85. The van der Waals surface area contributed by atoms with Gasteiger partial charge in [0.15, 0.2) is 0 Å². The number of hydrogen-bond donors (Lipinski definition) is 1. The number of amides is 1. The largest absolute Gasteiger partial charge is 0.366 e. The number of nitrogens with zero attached hydrogens (tertiary/aromatic N) is 1. The zero-order chi connectivity index (χ0) is 14.7. The molecule has 114 valence electrons. The molecule has 2 fully saturated rings. The maximum absolute atomic E-state index is 11.8. The van der Waals surface area contributed by atoms with Crippen molar-refractivity contribution < 1.29 is 9.53 Å². The highest BCUT2D eigenvalue weighted by atomic mass is 16.5. The molecule has 4 heteroatoms. The summed E-state index contributed by atoms with van der Waals surface area (Å²) in [6.45, 7) is 3.30. The summed E-state index contributed by atoms with van der Waals surface area (Å²) < 4.78 is 5.58. The van der Waals surface area contributed by atoms with E-state index in [1.165, 1.54) is 24.8 Å². The van der Waals surface area contributed by atoms with Crippen molar-refractivity contribution in [2.75, 3.05) is 33.3 Å².